The number of aromatic nitrogens is 1. The number of phenolic OH excluding ortho intramolecular Hbond substituents is 2. The second-order valence-corrected chi connectivity index (χ2v) is 21.7. The maximum atomic E-state index is 13.6. The fourth-order valence-corrected chi connectivity index (χ4v) is 13.3. The Kier molecular flexibility index (Phi) is 17.5. The van der Waals surface area contributed by atoms with Gasteiger partial charge in [0.15, 0.2) is 0 Å². The Hall–Kier alpha value is -5.33. The normalized spacial score (nSPS) is 28.9. The van der Waals surface area contributed by atoms with Crippen LogP contribution in [0.3, 0.4) is 0 Å². The summed E-state index contributed by atoms with van der Waals surface area (Å²) in [5.41, 5.74) is 11.9. The van der Waals surface area contributed by atoms with E-state index < -0.39 is 29.5 Å². The van der Waals surface area contributed by atoms with Gasteiger partial charge in [0, 0.05) is 65.7 Å². The van der Waals surface area contributed by atoms with Gasteiger partial charge in [-0.3, -0.25) is 4.79 Å². The van der Waals surface area contributed by atoms with E-state index in [4.69, 9.17) is 5.73 Å². The third kappa shape index (κ3) is 12.5. The van der Waals surface area contributed by atoms with Crippen molar-refractivity contribution in [3.8, 4) is 33.9 Å². The number of unbranched alkanes of at least 4 members (excludes halogenated alkanes) is 3. The molecule has 3 aliphatic carbocycles. The van der Waals surface area contributed by atoms with Crippen molar-refractivity contribution in [2.75, 3.05) is 20.1 Å². The molecule has 0 spiro atoms. The van der Waals surface area contributed by atoms with Gasteiger partial charge in [-0.25, -0.2) is 0 Å². The summed E-state index contributed by atoms with van der Waals surface area (Å²) >= 11 is 0. The Morgan fingerprint density at radius 2 is 1.61 bits per heavy atom. The summed E-state index contributed by atoms with van der Waals surface area (Å²) in [5.74, 6) is -2.24. The molecule has 0 radical (unpaired) electrons. The molecule has 2 fully saturated rings. The lowest BCUT2D eigenvalue weighted by Gasteiger charge is -2.44. The SMILES string of the molecule is CCCCC[C@H]1C=C[C@@H](CCCC[C@@H]2CC[C@H](c3cc(-c4ccccc4)c(-c4cc(O)cc(O)c4Cc4ccccc4)[nH]3)[C@@H]3C[C@@H](CC4=CCNC(N)=C4)C[C@]3(O)[C@@H](CNC)C[C@H](O)[C@@H]2C(=O)O)[C@H](O)C1. The highest BCUT2D eigenvalue weighted by Crippen LogP contribution is 2.56. The number of aromatic hydroxyl groups is 2. The number of aliphatic hydroxyl groups is 3. The Balaban J connectivity index is 1.18. The summed E-state index contributed by atoms with van der Waals surface area (Å²) in [7, 11) is 1.85. The largest absolute Gasteiger partial charge is 0.508 e. The zero-order valence-electron chi connectivity index (χ0n) is 42.0. The first-order valence-corrected chi connectivity index (χ1v) is 26.8. The monoisotopic (exact) mass is 969 g/mol. The van der Waals surface area contributed by atoms with E-state index in [0.717, 1.165) is 72.2 Å². The number of aliphatic carboxylic acids is 1. The number of carboxylic acids is 1. The molecule has 8 rings (SSSR count). The number of fused-ring (bicyclic) bond motifs is 1. The molecule has 4 aromatic rings. The first-order valence-electron chi connectivity index (χ1n) is 26.8. The van der Waals surface area contributed by atoms with Crippen LogP contribution < -0.4 is 16.4 Å². The van der Waals surface area contributed by atoms with Gasteiger partial charge in [0.05, 0.1) is 35.2 Å². The standard InChI is InChI=1S/C60H80N4O7/c1-3-4-7-14-39-21-22-43(53(66)30-39)19-12-13-20-44-23-24-47(51-29-41(27-40-25-26-63-56(61)31-40)36-60(51,71)45(37-62-2)32-55(68)57(44)59(69)70)52-35-48(42-17-10-6-11-18-42)58(64-52)50-33-46(65)34-54(67)49(50)28-38-15-8-5-9-16-38/h5-6,8-11,15-18,21-22,25,31,33-35,39,41,43-45,47,51,53,55,57,62-68,71H,3-4,7,12-14,19-20,23-24,26-30,32,36-37,61H2,1-2H3,(H,69,70)/t39-,41+,43+,44+,45+,47-,51-,53+,55-,57+,60-/m0/s1. The van der Waals surface area contributed by atoms with Crippen LogP contribution in [0.25, 0.3) is 22.4 Å². The number of carbonyl (C=O) groups is 1. The average molecular weight is 969 g/mol. The third-order valence-corrected chi connectivity index (χ3v) is 16.8. The fraction of sp³-hybridized carbons (Fsp3) is 0.517. The van der Waals surface area contributed by atoms with Crippen LogP contribution in [0.5, 0.6) is 11.5 Å². The Labute approximate surface area is 421 Å². The first-order chi connectivity index (χ1) is 34.3. The van der Waals surface area contributed by atoms with Gasteiger partial charge in [-0.15, -0.1) is 0 Å². The maximum Gasteiger partial charge on any atom is 0.309 e. The zero-order valence-corrected chi connectivity index (χ0v) is 42.0. The summed E-state index contributed by atoms with van der Waals surface area (Å²) < 4.78 is 0. The number of aliphatic hydroxyl groups excluding tert-OH is 2. The van der Waals surface area contributed by atoms with Gasteiger partial charge >= 0.3 is 5.97 Å². The first kappa shape index (κ1) is 52.0. The van der Waals surface area contributed by atoms with E-state index in [1.165, 1.54) is 25.3 Å². The molecule has 71 heavy (non-hydrogen) atoms. The summed E-state index contributed by atoms with van der Waals surface area (Å²) in [6.45, 7) is 3.24. The third-order valence-electron chi connectivity index (χ3n) is 16.8. The average Bonchev–Trinajstić information content (AvgIpc) is 3.93. The Morgan fingerprint density at radius 1 is 0.859 bits per heavy atom. The molecule has 382 valence electrons. The van der Waals surface area contributed by atoms with Crippen molar-refractivity contribution in [2.24, 2.45) is 47.2 Å². The van der Waals surface area contributed by atoms with Gasteiger partial charge in [0.25, 0.3) is 0 Å². The highest BCUT2D eigenvalue weighted by atomic mass is 16.4. The molecule has 2 saturated carbocycles. The predicted octanol–water partition coefficient (Wildman–Crippen LogP) is 10.3. The van der Waals surface area contributed by atoms with Crippen molar-refractivity contribution in [2.45, 2.75) is 133 Å². The molecule has 3 aromatic carbocycles. The van der Waals surface area contributed by atoms with E-state index in [0.29, 0.717) is 74.5 Å². The molecule has 0 saturated heterocycles. The van der Waals surface area contributed by atoms with Crippen molar-refractivity contribution in [1.82, 2.24) is 15.6 Å². The van der Waals surface area contributed by atoms with Crippen LogP contribution in [0.4, 0.5) is 0 Å². The van der Waals surface area contributed by atoms with Crippen molar-refractivity contribution in [1.29, 1.82) is 0 Å². The molecule has 11 nitrogen and oxygen atoms in total. The highest BCUT2D eigenvalue weighted by Gasteiger charge is 2.55. The minimum atomic E-state index is -1.28. The fourth-order valence-electron chi connectivity index (χ4n) is 13.3. The van der Waals surface area contributed by atoms with E-state index in [2.05, 4.69) is 59.0 Å². The number of rotatable bonds is 19. The summed E-state index contributed by atoms with van der Waals surface area (Å²) in [6.07, 6.45) is 19.2. The van der Waals surface area contributed by atoms with Crippen LogP contribution >= 0.6 is 0 Å². The van der Waals surface area contributed by atoms with Gasteiger partial charge in [0.1, 0.15) is 11.5 Å². The van der Waals surface area contributed by atoms with Crippen LogP contribution in [-0.2, 0) is 11.2 Å². The van der Waals surface area contributed by atoms with Crippen molar-refractivity contribution < 1.29 is 35.4 Å². The van der Waals surface area contributed by atoms with Crippen LogP contribution in [-0.4, -0.2) is 79.5 Å². The lowest BCUT2D eigenvalue weighted by Crippen LogP contribution is -2.51. The minimum Gasteiger partial charge on any atom is -0.508 e. The molecular formula is C60H80N4O7. The van der Waals surface area contributed by atoms with Gasteiger partial charge in [-0.05, 0) is 130 Å². The van der Waals surface area contributed by atoms with E-state index in [1.54, 1.807) is 6.07 Å². The number of aromatic amines is 1. The number of allylic oxidation sites excluding steroid dienone is 3. The topological polar surface area (TPSA) is 204 Å². The number of phenols is 2. The number of benzene rings is 3. The number of nitrogens with one attached hydrogen (secondary N) is 3. The van der Waals surface area contributed by atoms with Crippen molar-refractivity contribution >= 4 is 5.97 Å². The van der Waals surface area contributed by atoms with Gasteiger partial charge in [-0.1, -0.05) is 118 Å². The molecule has 0 unspecified atom stereocenters. The lowest BCUT2D eigenvalue weighted by atomic mass is 9.65. The summed E-state index contributed by atoms with van der Waals surface area (Å²) in [4.78, 5) is 17.4. The van der Waals surface area contributed by atoms with E-state index in [1.807, 2.05) is 61.7 Å². The minimum absolute atomic E-state index is 0.00994. The molecule has 11 atom stereocenters. The maximum absolute atomic E-state index is 13.6. The molecule has 2 heterocycles. The zero-order chi connectivity index (χ0) is 50.1. The van der Waals surface area contributed by atoms with Crippen LogP contribution in [0.15, 0.2) is 115 Å². The number of nitrogens with two attached hydrogens (primary N) is 1. The summed E-state index contributed by atoms with van der Waals surface area (Å²) in [5, 5.41) is 77.3. The predicted molar refractivity (Wildman–Crippen MR) is 282 cm³/mol. The van der Waals surface area contributed by atoms with Gasteiger partial charge in [0.2, 0.25) is 0 Å². The van der Waals surface area contributed by atoms with Gasteiger partial charge < -0.3 is 52.0 Å². The molecule has 11 N–H and O–H groups in total. The van der Waals surface area contributed by atoms with Crippen LogP contribution in [0.2, 0.25) is 0 Å². The van der Waals surface area contributed by atoms with E-state index in [9.17, 15) is 35.4 Å². The number of hydrogen-bond donors (Lipinski definition) is 10. The van der Waals surface area contributed by atoms with Crippen LogP contribution in [0, 0.1) is 41.4 Å². The molecule has 4 aliphatic rings. The van der Waals surface area contributed by atoms with E-state index in [-0.39, 0.29) is 53.6 Å². The Morgan fingerprint density at radius 3 is 2.32 bits per heavy atom. The molecule has 1 aliphatic heterocycles. The molecule has 11 heteroatoms. The van der Waals surface area contributed by atoms with Crippen molar-refractivity contribution in [3.63, 3.8) is 0 Å². The molecular weight excluding hydrogens is 889 g/mol. The molecule has 0 bridgehead atoms. The lowest BCUT2D eigenvalue weighted by molar-refractivity contribution is -0.152. The molecule has 0 amide bonds. The second-order valence-electron chi connectivity index (χ2n) is 21.7. The van der Waals surface area contributed by atoms with Crippen molar-refractivity contribution in [3.05, 3.63) is 131 Å². The molecule has 1 aromatic heterocycles. The summed E-state index contributed by atoms with van der Waals surface area (Å²) in [6, 6.07) is 25.3. The van der Waals surface area contributed by atoms with Crippen LogP contribution in [0.1, 0.15) is 126 Å². The highest BCUT2D eigenvalue weighted by molar-refractivity contribution is 5.85. The Bertz CT molecular complexity index is 2470. The number of H-pyrrole nitrogens is 1. The number of dihydropyridines is 1. The quantitative estimate of drug-likeness (QED) is 0.0318. The van der Waals surface area contributed by atoms with Gasteiger partial charge in [-0.2, -0.15) is 0 Å². The van der Waals surface area contributed by atoms with E-state index >= 15 is 0 Å². The second kappa shape index (κ2) is 23.9. The number of hydrogen-bond acceptors (Lipinski definition) is 9. The smallest absolute Gasteiger partial charge is 0.309 e. The number of carboxylic acid groups (broad SMARTS) is 1.